The molecule has 0 aromatic rings. The van der Waals surface area contributed by atoms with Gasteiger partial charge in [0.25, 0.3) is 0 Å². The van der Waals surface area contributed by atoms with Gasteiger partial charge in [-0.05, 0) is 38.3 Å². The molecule has 0 saturated carbocycles. The molecule has 0 radical (unpaired) electrons. The zero-order valence-electron chi connectivity index (χ0n) is 8.40. The quantitative estimate of drug-likeness (QED) is 0.453. The molecule has 70 valence electrons. The van der Waals surface area contributed by atoms with Gasteiger partial charge in [-0.15, -0.1) is 12.3 Å². The first-order chi connectivity index (χ1) is 5.81. The van der Waals surface area contributed by atoms with Crippen molar-refractivity contribution < 1.29 is 0 Å². The van der Waals surface area contributed by atoms with E-state index < -0.39 is 0 Å². The third-order valence-corrected chi connectivity index (χ3v) is 2.02. The van der Waals surface area contributed by atoms with Crippen molar-refractivity contribution in [3.05, 3.63) is 0 Å². The Morgan fingerprint density at radius 1 is 1.33 bits per heavy atom. The molecular formula is C11H21N. The van der Waals surface area contributed by atoms with Crippen molar-refractivity contribution in [2.24, 2.45) is 5.92 Å². The zero-order valence-corrected chi connectivity index (χ0v) is 8.40. The summed E-state index contributed by atoms with van der Waals surface area (Å²) >= 11 is 0. The SMILES string of the molecule is C#CCCC(C)CCNCCC. The fourth-order valence-electron chi connectivity index (χ4n) is 1.12. The molecule has 12 heavy (non-hydrogen) atoms. The molecule has 0 aliphatic carbocycles. The van der Waals surface area contributed by atoms with Crippen LogP contribution in [0, 0.1) is 18.3 Å². The highest BCUT2D eigenvalue weighted by Gasteiger charge is 1.99. The van der Waals surface area contributed by atoms with Crippen molar-refractivity contribution in [1.29, 1.82) is 0 Å². The predicted molar refractivity (Wildman–Crippen MR) is 55.0 cm³/mol. The molecule has 0 fully saturated rings. The summed E-state index contributed by atoms with van der Waals surface area (Å²) in [6, 6.07) is 0. The summed E-state index contributed by atoms with van der Waals surface area (Å²) < 4.78 is 0. The van der Waals surface area contributed by atoms with Crippen LogP contribution in [0.2, 0.25) is 0 Å². The Morgan fingerprint density at radius 3 is 2.67 bits per heavy atom. The number of terminal acetylenes is 1. The summed E-state index contributed by atoms with van der Waals surface area (Å²) in [5, 5.41) is 3.39. The molecule has 0 rings (SSSR count). The highest BCUT2D eigenvalue weighted by atomic mass is 14.8. The second-order valence-corrected chi connectivity index (χ2v) is 3.39. The second-order valence-electron chi connectivity index (χ2n) is 3.39. The Balaban J connectivity index is 3.09. The number of rotatable bonds is 7. The van der Waals surface area contributed by atoms with Crippen molar-refractivity contribution in [2.45, 2.75) is 39.5 Å². The van der Waals surface area contributed by atoms with Crippen LogP contribution in [0.15, 0.2) is 0 Å². The summed E-state index contributed by atoms with van der Waals surface area (Å²) in [5.41, 5.74) is 0. The first kappa shape index (κ1) is 11.5. The Morgan fingerprint density at radius 2 is 2.08 bits per heavy atom. The number of nitrogens with one attached hydrogen (secondary N) is 1. The second kappa shape index (κ2) is 8.62. The third-order valence-electron chi connectivity index (χ3n) is 2.02. The lowest BCUT2D eigenvalue weighted by atomic mass is 10.0. The summed E-state index contributed by atoms with van der Waals surface area (Å²) in [6.45, 7) is 6.74. The topological polar surface area (TPSA) is 12.0 Å². The number of hydrogen-bond acceptors (Lipinski definition) is 1. The van der Waals surface area contributed by atoms with Gasteiger partial charge in [0.2, 0.25) is 0 Å². The molecule has 0 spiro atoms. The van der Waals surface area contributed by atoms with Crippen LogP contribution in [0.3, 0.4) is 0 Å². The van der Waals surface area contributed by atoms with E-state index in [0.717, 1.165) is 25.4 Å². The Bertz CT molecular complexity index is 123. The van der Waals surface area contributed by atoms with Gasteiger partial charge >= 0.3 is 0 Å². The van der Waals surface area contributed by atoms with Crippen LogP contribution >= 0.6 is 0 Å². The molecule has 0 aliphatic heterocycles. The number of hydrogen-bond donors (Lipinski definition) is 1. The average Bonchev–Trinajstić information content (AvgIpc) is 2.09. The van der Waals surface area contributed by atoms with Crippen LogP contribution in [0.4, 0.5) is 0 Å². The molecule has 0 bridgehead atoms. The van der Waals surface area contributed by atoms with Crippen molar-refractivity contribution in [1.82, 2.24) is 5.32 Å². The maximum absolute atomic E-state index is 5.19. The minimum absolute atomic E-state index is 0.769. The first-order valence-corrected chi connectivity index (χ1v) is 4.95. The lowest BCUT2D eigenvalue weighted by molar-refractivity contribution is 0.476. The van der Waals surface area contributed by atoms with Gasteiger partial charge in [-0.3, -0.25) is 0 Å². The highest BCUT2D eigenvalue weighted by molar-refractivity contribution is 4.83. The molecule has 1 heteroatoms. The van der Waals surface area contributed by atoms with Gasteiger partial charge in [-0.2, -0.15) is 0 Å². The monoisotopic (exact) mass is 167 g/mol. The molecule has 0 saturated heterocycles. The normalized spacial score (nSPS) is 12.4. The Hall–Kier alpha value is -0.480. The van der Waals surface area contributed by atoms with Crippen LogP contribution in [0.25, 0.3) is 0 Å². The van der Waals surface area contributed by atoms with E-state index in [9.17, 15) is 0 Å². The van der Waals surface area contributed by atoms with Gasteiger partial charge in [-0.1, -0.05) is 13.8 Å². The summed E-state index contributed by atoms with van der Waals surface area (Å²) in [4.78, 5) is 0. The fourth-order valence-corrected chi connectivity index (χ4v) is 1.12. The van der Waals surface area contributed by atoms with Gasteiger partial charge in [0.05, 0.1) is 0 Å². The lowest BCUT2D eigenvalue weighted by Gasteiger charge is -2.09. The van der Waals surface area contributed by atoms with Gasteiger partial charge in [0, 0.05) is 6.42 Å². The molecule has 0 amide bonds. The first-order valence-electron chi connectivity index (χ1n) is 4.95. The van der Waals surface area contributed by atoms with Crippen molar-refractivity contribution >= 4 is 0 Å². The van der Waals surface area contributed by atoms with Crippen LogP contribution < -0.4 is 5.32 Å². The minimum atomic E-state index is 0.769. The third kappa shape index (κ3) is 7.63. The summed E-state index contributed by atoms with van der Waals surface area (Å²) in [5.74, 6) is 3.45. The van der Waals surface area contributed by atoms with Gasteiger partial charge in [0.15, 0.2) is 0 Å². The van der Waals surface area contributed by atoms with E-state index in [1.165, 1.54) is 19.3 Å². The van der Waals surface area contributed by atoms with E-state index in [2.05, 4.69) is 25.1 Å². The maximum atomic E-state index is 5.19. The molecule has 0 aromatic carbocycles. The molecule has 0 heterocycles. The lowest BCUT2D eigenvalue weighted by Crippen LogP contribution is -2.17. The summed E-state index contributed by atoms with van der Waals surface area (Å²) in [6.07, 6.45) is 9.76. The fraction of sp³-hybridized carbons (Fsp3) is 0.818. The summed E-state index contributed by atoms with van der Waals surface area (Å²) in [7, 11) is 0. The van der Waals surface area contributed by atoms with Crippen molar-refractivity contribution in [2.75, 3.05) is 13.1 Å². The smallest absolute Gasteiger partial charge is 0.00886 e. The van der Waals surface area contributed by atoms with Crippen molar-refractivity contribution in [3.8, 4) is 12.3 Å². The molecule has 1 atom stereocenters. The van der Waals surface area contributed by atoms with E-state index >= 15 is 0 Å². The average molecular weight is 167 g/mol. The van der Waals surface area contributed by atoms with Crippen LogP contribution in [-0.2, 0) is 0 Å². The van der Waals surface area contributed by atoms with Gasteiger partial charge < -0.3 is 5.32 Å². The zero-order chi connectivity index (χ0) is 9.23. The molecular weight excluding hydrogens is 146 g/mol. The predicted octanol–water partition coefficient (Wildman–Crippen LogP) is 2.43. The molecule has 1 nitrogen and oxygen atoms in total. The van der Waals surface area contributed by atoms with Gasteiger partial charge in [-0.25, -0.2) is 0 Å². The largest absolute Gasteiger partial charge is 0.317 e. The van der Waals surface area contributed by atoms with E-state index in [4.69, 9.17) is 6.42 Å². The minimum Gasteiger partial charge on any atom is -0.317 e. The highest BCUT2D eigenvalue weighted by Crippen LogP contribution is 2.08. The standard InChI is InChI=1S/C11H21N/c1-4-6-7-11(3)8-10-12-9-5-2/h1,11-12H,5-10H2,2-3H3. The van der Waals surface area contributed by atoms with Crippen LogP contribution in [0.5, 0.6) is 0 Å². The van der Waals surface area contributed by atoms with Gasteiger partial charge in [0.1, 0.15) is 0 Å². The molecule has 1 unspecified atom stereocenters. The Kier molecular flexibility index (Phi) is 8.27. The maximum Gasteiger partial charge on any atom is 0.00886 e. The Labute approximate surface area is 76.9 Å². The molecule has 0 aliphatic rings. The van der Waals surface area contributed by atoms with E-state index in [0.29, 0.717) is 0 Å². The molecule has 0 aromatic heterocycles. The van der Waals surface area contributed by atoms with E-state index in [1.807, 2.05) is 0 Å². The van der Waals surface area contributed by atoms with Crippen LogP contribution in [-0.4, -0.2) is 13.1 Å². The molecule has 1 N–H and O–H groups in total. The van der Waals surface area contributed by atoms with E-state index in [1.54, 1.807) is 0 Å². The van der Waals surface area contributed by atoms with Crippen LogP contribution in [0.1, 0.15) is 39.5 Å². The van der Waals surface area contributed by atoms with E-state index in [-0.39, 0.29) is 0 Å². The van der Waals surface area contributed by atoms with Crippen molar-refractivity contribution in [3.63, 3.8) is 0 Å².